The Hall–Kier alpha value is -1.35. The average molecular weight is 391 g/mol. The maximum atomic E-state index is 13.2. The van der Waals surface area contributed by atoms with Crippen molar-refractivity contribution in [3.8, 4) is 0 Å². The van der Waals surface area contributed by atoms with Gasteiger partial charge in [-0.2, -0.15) is 0 Å². The van der Waals surface area contributed by atoms with Crippen LogP contribution in [0.3, 0.4) is 0 Å². The molecular formula is C14H17BrF2N4O2. The first-order valence-corrected chi connectivity index (χ1v) is 8.25. The van der Waals surface area contributed by atoms with Crippen molar-refractivity contribution in [2.45, 2.75) is 24.9 Å². The molecule has 1 aromatic rings. The van der Waals surface area contributed by atoms with Crippen LogP contribution in [0.1, 0.15) is 12.8 Å². The van der Waals surface area contributed by atoms with Crippen molar-refractivity contribution in [1.82, 2.24) is 14.9 Å². The molecule has 1 amide bonds. The van der Waals surface area contributed by atoms with Crippen LogP contribution in [0.5, 0.6) is 0 Å². The average Bonchev–Trinajstić information content (AvgIpc) is 2.55. The number of morpholine rings is 1. The summed E-state index contributed by atoms with van der Waals surface area (Å²) in [6, 6.07) is 0. The zero-order chi connectivity index (χ0) is 16.4. The highest BCUT2D eigenvalue weighted by atomic mass is 79.9. The zero-order valence-electron chi connectivity index (χ0n) is 12.4. The summed E-state index contributed by atoms with van der Waals surface area (Å²) in [4.78, 5) is 24.2. The number of hydrogen-bond donors (Lipinski definition) is 0. The van der Waals surface area contributed by atoms with Crippen LogP contribution in [0, 0.1) is 0 Å². The summed E-state index contributed by atoms with van der Waals surface area (Å²) < 4.78 is 32.7. The summed E-state index contributed by atoms with van der Waals surface area (Å²) in [7, 11) is 0. The van der Waals surface area contributed by atoms with Crippen LogP contribution < -0.4 is 4.90 Å². The molecule has 3 rings (SSSR count). The van der Waals surface area contributed by atoms with E-state index in [-0.39, 0.29) is 31.8 Å². The van der Waals surface area contributed by atoms with Gasteiger partial charge in [-0.05, 0) is 15.9 Å². The number of piperidine rings is 1. The maximum Gasteiger partial charge on any atom is 0.253 e. The number of ether oxygens (including phenoxy) is 1. The van der Waals surface area contributed by atoms with E-state index in [0.29, 0.717) is 25.6 Å². The quantitative estimate of drug-likeness (QED) is 0.769. The molecule has 0 spiro atoms. The Balaban J connectivity index is 1.62. The molecule has 0 bridgehead atoms. The lowest BCUT2D eigenvalue weighted by molar-refractivity contribution is -0.150. The molecule has 3 heterocycles. The van der Waals surface area contributed by atoms with Crippen molar-refractivity contribution < 1.29 is 18.3 Å². The number of carbonyl (C=O) groups is 1. The number of anilines is 1. The molecule has 2 fully saturated rings. The molecule has 2 aliphatic heterocycles. The second-order valence-corrected chi connectivity index (χ2v) is 6.60. The first-order chi connectivity index (χ1) is 10.9. The maximum absolute atomic E-state index is 13.2. The number of aromatic nitrogens is 2. The van der Waals surface area contributed by atoms with Gasteiger partial charge < -0.3 is 14.5 Å². The molecule has 0 aromatic carbocycles. The Bertz CT molecular complexity index is 562. The van der Waals surface area contributed by atoms with Crippen molar-refractivity contribution >= 4 is 27.8 Å². The number of alkyl halides is 2. The van der Waals surface area contributed by atoms with Gasteiger partial charge in [0.05, 0.1) is 17.6 Å². The van der Waals surface area contributed by atoms with E-state index in [9.17, 15) is 13.6 Å². The molecule has 1 aromatic heterocycles. The fraction of sp³-hybridized carbons (Fsp3) is 0.643. The highest BCUT2D eigenvalue weighted by Crippen LogP contribution is 2.28. The number of likely N-dealkylation sites (tertiary alicyclic amines) is 1. The first kappa shape index (κ1) is 16.5. The first-order valence-electron chi connectivity index (χ1n) is 7.45. The number of halogens is 3. The van der Waals surface area contributed by atoms with Crippen molar-refractivity contribution in [3.63, 3.8) is 0 Å². The third-order valence-electron chi connectivity index (χ3n) is 4.04. The molecule has 9 heteroatoms. The number of amides is 1. The lowest BCUT2D eigenvalue weighted by Gasteiger charge is -2.37. The monoisotopic (exact) mass is 390 g/mol. The minimum absolute atomic E-state index is 0.0699. The molecule has 2 aliphatic rings. The lowest BCUT2D eigenvalue weighted by atomic mass is 10.1. The van der Waals surface area contributed by atoms with Crippen molar-refractivity contribution in [2.75, 3.05) is 37.7 Å². The minimum atomic E-state index is -2.67. The van der Waals surface area contributed by atoms with Gasteiger partial charge in [0.15, 0.2) is 6.10 Å². The van der Waals surface area contributed by atoms with Gasteiger partial charge >= 0.3 is 0 Å². The molecule has 2 saturated heterocycles. The third-order valence-corrected chi connectivity index (χ3v) is 4.45. The molecule has 0 N–H and O–H groups in total. The van der Waals surface area contributed by atoms with E-state index in [4.69, 9.17) is 4.74 Å². The molecule has 126 valence electrons. The SMILES string of the molecule is O=C(C1CN(c2ncc(Br)cn2)CCO1)N1CCC(F)(F)CC1. The summed E-state index contributed by atoms with van der Waals surface area (Å²) in [6.45, 7) is 1.43. The predicted molar refractivity (Wildman–Crippen MR) is 82.4 cm³/mol. The van der Waals surface area contributed by atoms with E-state index in [1.54, 1.807) is 12.4 Å². The van der Waals surface area contributed by atoms with Crippen molar-refractivity contribution in [2.24, 2.45) is 0 Å². The van der Waals surface area contributed by atoms with Crippen LogP contribution >= 0.6 is 15.9 Å². The van der Waals surface area contributed by atoms with Crippen LogP contribution in [0.15, 0.2) is 16.9 Å². The van der Waals surface area contributed by atoms with Gasteiger partial charge in [0.1, 0.15) is 0 Å². The van der Waals surface area contributed by atoms with Crippen LogP contribution in [0.4, 0.5) is 14.7 Å². The number of carbonyl (C=O) groups excluding carboxylic acids is 1. The smallest absolute Gasteiger partial charge is 0.253 e. The van der Waals surface area contributed by atoms with Gasteiger partial charge in [-0.15, -0.1) is 0 Å². The normalized spacial score (nSPS) is 24.6. The Morgan fingerprint density at radius 2 is 1.91 bits per heavy atom. The summed E-state index contributed by atoms with van der Waals surface area (Å²) in [5.41, 5.74) is 0. The molecule has 23 heavy (non-hydrogen) atoms. The second kappa shape index (κ2) is 6.64. The standard InChI is InChI=1S/C14H17BrF2N4O2/c15-10-7-18-13(19-8-10)21-5-6-23-11(9-21)12(22)20-3-1-14(16,17)2-4-20/h7-8,11H,1-6,9H2. The second-order valence-electron chi connectivity index (χ2n) is 5.69. The van der Waals surface area contributed by atoms with Crippen LogP contribution in [0.25, 0.3) is 0 Å². The van der Waals surface area contributed by atoms with E-state index in [1.165, 1.54) is 4.90 Å². The number of rotatable bonds is 2. The Morgan fingerprint density at radius 1 is 1.26 bits per heavy atom. The fourth-order valence-corrected chi connectivity index (χ4v) is 2.91. The summed E-state index contributed by atoms with van der Waals surface area (Å²) in [6.07, 6.45) is 2.04. The number of nitrogens with zero attached hydrogens (tertiary/aromatic N) is 4. The Kier molecular flexibility index (Phi) is 4.77. The van der Waals surface area contributed by atoms with E-state index >= 15 is 0 Å². The molecule has 6 nitrogen and oxygen atoms in total. The van der Waals surface area contributed by atoms with Crippen LogP contribution in [-0.4, -0.2) is 65.6 Å². The third kappa shape index (κ3) is 3.95. The highest BCUT2D eigenvalue weighted by molar-refractivity contribution is 9.10. The van der Waals surface area contributed by atoms with Gasteiger partial charge in [-0.1, -0.05) is 0 Å². The zero-order valence-corrected chi connectivity index (χ0v) is 14.0. The molecule has 0 radical (unpaired) electrons. The molecular weight excluding hydrogens is 374 g/mol. The molecule has 0 aliphatic carbocycles. The van der Waals surface area contributed by atoms with Crippen LogP contribution in [-0.2, 0) is 9.53 Å². The lowest BCUT2D eigenvalue weighted by Crippen LogP contribution is -2.53. The van der Waals surface area contributed by atoms with Gasteiger partial charge in [-0.3, -0.25) is 4.79 Å². The molecule has 1 atom stereocenters. The fourth-order valence-electron chi connectivity index (χ4n) is 2.71. The van der Waals surface area contributed by atoms with E-state index in [0.717, 1.165) is 4.47 Å². The highest BCUT2D eigenvalue weighted by Gasteiger charge is 2.38. The van der Waals surface area contributed by atoms with E-state index < -0.39 is 12.0 Å². The summed E-state index contributed by atoms with van der Waals surface area (Å²) in [5.74, 6) is -2.37. The predicted octanol–water partition coefficient (Wildman–Crippen LogP) is 1.70. The number of hydrogen-bond acceptors (Lipinski definition) is 5. The Morgan fingerprint density at radius 3 is 2.57 bits per heavy atom. The minimum Gasteiger partial charge on any atom is -0.365 e. The van der Waals surface area contributed by atoms with Gasteiger partial charge in [-0.25, -0.2) is 18.7 Å². The van der Waals surface area contributed by atoms with Crippen molar-refractivity contribution in [3.05, 3.63) is 16.9 Å². The largest absolute Gasteiger partial charge is 0.365 e. The summed E-state index contributed by atoms with van der Waals surface area (Å²) >= 11 is 3.28. The van der Waals surface area contributed by atoms with E-state index in [2.05, 4.69) is 25.9 Å². The topological polar surface area (TPSA) is 58.6 Å². The van der Waals surface area contributed by atoms with Crippen molar-refractivity contribution in [1.29, 1.82) is 0 Å². The van der Waals surface area contributed by atoms with E-state index in [1.807, 2.05) is 4.90 Å². The van der Waals surface area contributed by atoms with Gasteiger partial charge in [0.25, 0.3) is 11.8 Å². The van der Waals surface area contributed by atoms with Gasteiger partial charge in [0, 0.05) is 44.9 Å². The van der Waals surface area contributed by atoms with Crippen LogP contribution in [0.2, 0.25) is 0 Å². The summed E-state index contributed by atoms with van der Waals surface area (Å²) in [5, 5.41) is 0. The molecule has 0 saturated carbocycles. The Labute approximate surface area is 141 Å². The van der Waals surface area contributed by atoms with Gasteiger partial charge in [0.2, 0.25) is 5.95 Å². The molecule has 1 unspecified atom stereocenters.